The molecule has 0 unspecified atom stereocenters. The molecule has 7 heteroatoms. The molecule has 100 valence electrons. The lowest BCUT2D eigenvalue weighted by Gasteiger charge is -2.38. The Balaban J connectivity index is 2.35. The molecule has 7 nitrogen and oxygen atoms in total. The molecule has 1 saturated heterocycles. The van der Waals surface area contributed by atoms with Crippen molar-refractivity contribution in [3.05, 3.63) is 0 Å². The van der Waals surface area contributed by atoms with Crippen molar-refractivity contribution in [2.24, 2.45) is 0 Å². The van der Waals surface area contributed by atoms with E-state index in [0.717, 1.165) is 0 Å². The Morgan fingerprint density at radius 2 is 1.88 bits per heavy atom. The van der Waals surface area contributed by atoms with Gasteiger partial charge in [0.1, 0.15) is 18.3 Å². The van der Waals surface area contributed by atoms with Crippen LogP contribution in [0.25, 0.3) is 0 Å². The van der Waals surface area contributed by atoms with Gasteiger partial charge in [-0.2, -0.15) is 0 Å². The van der Waals surface area contributed by atoms with Crippen molar-refractivity contribution >= 4 is 5.97 Å². The van der Waals surface area contributed by atoms with Crippen molar-refractivity contribution in [2.45, 2.75) is 50.5 Å². The Morgan fingerprint density at radius 1 is 1.24 bits per heavy atom. The summed E-state index contributed by atoms with van der Waals surface area (Å²) in [5, 5.41) is 36.9. The molecule has 1 aliphatic rings. The second kappa shape index (κ2) is 6.27. The van der Waals surface area contributed by atoms with Crippen molar-refractivity contribution < 1.29 is 34.7 Å². The number of aliphatic hydroxyl groups is 3. The quantitative estimate of drug-likeness (QED) is 0.448. The minimum atomic E-state index is -1.34. The highest BCUT2D eigenvalue weighted by Gasteiger charge is 2.42. The number of hydrogen-bond donors (Lipinski definition) is 4. The number of aliphatic hydroxyl groups excluding tert-OH is 3. The zero-order valence-corrected chi connectivity index (χ0v) is 9.52. The zero-order valence-electron chi connectivity index (χ0n) is 9.52. The predicted molar refractivity (Wildman–Crippen MR) is 55.2 cm³/mol. The Hall–Kier alpha value is -0.730. The molecule has 1 fully saturated rings. The average molecular weight is 250 g/mol. The molecule has 0 saturated carbocycles. The highest BCUT2D eigenvalue weighted by molar-refractivity contribution is 5.66. The molecular weight excluding hydrogens is 232 g/mol. The van der Waals surface area contributed by atoms with Crippen molar-refractivity contribution in [1.82, 2.24) is 0 Å². The maximum absolute atomic E-state index is 10.3. The highest BCUT2D eigenvalue weighted by atomic mass is 16.7. The molecule has 0 aromatic rings. The van der Waals surface area contributed by atoms with Crippen LogP contribution in [0.15, 0.2) is 0 Å². The van der Waals surface area contributed by atoms with Gasteiger partial charge in [0.05, 0.1) is 12.7 Å². The molecule has 0 aromatic carbocycles. The number of rotatable bonds is 5. The second-order valence-electron chi connectivity index (χ2n) is 4.05. The van der Waals surface area contributed by atoms with Crippen LogP contribution in [-0.4, -0.2) is 63.7 Å². The first-order valence-corrected chi connectivity index (χ1v) is 5.46. The summed E-state index contributed by atoms with van der Waals surface area (Å²) in [4.78, 5) is 10.3. The molecule has 0 spiro atoms. The maximum atomic E-state index is 10.3. The first-order chi connectivity index (χ1) is 7.93. The van der Waals surface area contributed by atoms with Gasteiger partial charge in [0, 0.05) is 6.42 Å². The van der Waals surface area contributed by atoms with E-state index in [0.29, 0.717) is 0 Å². The molecule has 5 atom stereocenters. The molecular formula is C10H18O7. The van der Waals surface area contributed by atoms with E-state index in [-0.39, 0.29) is 19.4 Å². The third kappa shape index (κ3) is 3.90. The van der Waals surface area contributed by atoms with E-state index in [1.165, 1.54) is 0 Å². The molecule has 1 aliphatic heterocycles. The number of carbonyl (C=O) groups is 1. The zero-order chi connectivity index (χ0) is 13.0. The molecule has 0 bridgehead atoms. The van der Waals surface area contributed by atoms with Crippen LogP contribution in [0.4, 0.5) is 0 Å². The van der Waals surface area contributed by atoms with Crippen LogP contribution in [0.1, 0.15) is 19.8 Å². The minimum absolute atomic E-state index is 0.0381. The molecule has 0 aromatic heterocycles. The molecule has 0 aliphatic carbocycles. The van der Waals surface area contributed by atoms with E-state index in [4.69, 9.17) is 14.6 Å². The van der Waals surface area contributed by atoms with E-state index in [1.54, 1.807) is 6.92 Å². The van der Waals surface area contributed by atoms with Crippen molar-refractivity contribution in [3.8, 4) is 0 Å². The summed E-state index contributed by atoms with van der Waals surface area (Å²) in [6.07, 6.45) is -5.29. The minimum Gasteiger partial charge on any atom is -0.481 e. The molecule has 4 N–H and O–H groups in total. The van der Waals surface area contributed by atoms with Crippen LogP contribution >= 0.6 is 0 Å². The summed E-state index contributed by atoms with van der Waals surface area (Å²) >= 11 is 0. The van der Waals surface area contributed by atoms with E-state index in [1.807, 2.05) is 0 Å². The fourth-order valence-electron chi connectivity index (χ4n) is 1.57. The first kappa shape index (κ1) is 14.3. The Labute approximate surface area is 98.6 Å². The molecule has 1 rings (SSSR count). The SMILES string of the molecule is C[C@H]1O[C@@H](OCCCC(=O)O)[C@H](O)[C@@H](O)[C@@H]1O. The van der Waals surface area contributed by atoms with Crippen LogP contribution in [0, 0.1) is 0 Å². The van der Waals surface area contributed by atoms with Crippen LogP contribution in [0.3, 0.4) is 0 Å². The van der Waals surface area contributed by atoms with Gasteiger partial charge in [-0.3, -0.25) is 4.79 Å². The lowest BCUT2D eigenvalue weighted by atomic mass is 10.0. The largest absolute Gasteiger partial charge is 0.481 e. The third-order valence-electron chi connectivity index (χ3n) is 2.63. The predicted octanol–water partition coefficient (Wildman–Crippen LogP) is -1.30. The summed E-state index contributed by atoms with van der Waals surface area (Å²) in [5.74, 6) is -0.928. The van der Waals surface area contributed by atoms with Gasteiger partial charge in [-0.05, 0) is 13.3 Å². The summed E-state index contributed by atoms with van der Waals surface area (Å²) in [7, 11) is 0. The van der Waals surface area contributed by atoms with Gasteiger partial charge in [0.25, 0.3) is 0 Å². The first-order valence-electron chi connectivity index (χ1n) is 5.46. The summed E-state index contributed by atoms with van der Waals surface area (Å²) < 4.78 is 10.3. The standard InChI is InChI=1S/C10H18O7/c1-5-7(13)8(14)9(15)10(17-5)16-4-2-3-6(11)12/h5,7-10,13-15H,2-4H2,1H3,(H,11,12)/t5-,7-,8+,9-,10-/m1/s1. The summed E-state index contributed by atoms with van der Waals surface area (Å²) in [6.45, 7) is 1.65. The number of ether oxygens (including phenoxy) is 2. The Kier molecular flexibility index (Phi) is 5.29. The molecule has 0 amide bonds. The van der Waals surface area contributed by atoms with Crippen LogP contribution in [-0.2, 0) is 14.3 Å². The van der Waals surface area contributed by atoms with Crippen LogP contribution < -0.4 is 0 Å². The fourth-order valence-corrected chi connectivity index (χ4v) is 1.57. The number of carboxylic acids is 1. The molecule has 1 heterocycles. The van der Waals surface area contributed by atoms with Crippen molar-refractivity contribution in [2.75, 3.05) is 6.61 Å². The fraction of sp³-hybridized carbons (Fsp3) is 0.900. The van der Waals surface area contributed by atoms with Gasteiger partial charge in [-0.25, -0.2) is 0 Å². The van der Waals surface area contributed by atoms with Gasteiger partial charge in [0.15, 0.2) is 6.29 Å². The topological polar surface area (TPSA) is 116 Å². The van der Waals surface area contributed by atoms with Gasteiger partial charge in [0.2, 0.25) is 0 Å². The third-order valence-corrected chi connectivity index (χ3v) is 2.63. The molecule has 0 radical (unpaired) electrons. The van der Waals surface area contributed by atoms with E-state index >= 15 is 0 Å². The highest BCUT2D eigenvalue weighted by Crippen LogP contribution is 2.21. The van der Waals surface area contributed by atoms with Crippen LogP contribution in [0.5, 0.6) is 0 Å². The van der Waals surface area contributed by atoms with Gasteiger partial charge >= 0.3 is 5.97 Å². The number of aliphatic carboxylic acids is 1. The van der Waals surface area contributed by atoms with E-state index in [2.05, 4.69) is 0 Å². The summed E-state index contributed by atoms with van der Waals surface area (Å²) in [5.41, 5.74) is 0. The lowest BCUT2D eigenvalue weighted by Crippen LogP contribution is -2.57. The smallest absolute Gasteiger partial charge is 0.303 e. The molecule has 17 heavy (non-hydrogen) atoms. The Morgan fingerprint density at radius 3 is 2.47 bits per heavy atom. The van der Waals surface area contributed by atoms with Crippen molar-refractivity contribution in [3.63, 3.8) is 0 Å². The van der Waals surface area contributed by atoms with Crippen LogP contribution in [0.2, 0.25) is 0 Å². The maximum Gasteiger partial charge on any atom is 0.303 e. The summed E-state index contributed by atoms with van der Waals surface area (Å²) in [6, 6.07) is 0. The van der Waals surface area contributed by atoms with Gasteiger partial charge < -0.3 is 29.9 Å². The lowest BCUT2D eigenvalue weighted by molar-refractivity contribution is -0.293. The second-order valence-corrected chi connectivity index (χ2v) is 4.05. The van der Waals surface area contributed by atoms with Crippen molar-refractivity contribution in [1.29, 1.82) is 0 Å². The normalized spacial score (nSPS) is 38.0. The van der Waals surface area contributed by atoms with E-state index in [9.17, 15) is 20.1 Å². The van der Waals surface area contributed by atoms with Gasteiger partial charge in [-0.15, -0.1) is 0 Å². The van der Waals surface area contributed by atoms with Gasteiger partial charge in [-0.1, -0.05) is 0 Å². The number of hydrogen-bond acceptors (Lipinski definition) is 6. The number of carboxylic acid groups (broad SMARTS) is 1. The average Bonchev–Trinajstić information content (AvgIpc) is 2.27. The Bertz CT molecular complexity index is 257. The monoisotopic (exact) mass is 250 g/mol. The van der Waals surface area contributed by atoms with E-state index < -0.39 is 36.7 Å².